The topological polar surface area (TPSA) is 12.0 Å². The molecular weight excluding hydrogens is 206 g/mol. The number of rotatable bonds is 7. The first-order valence-electron chi connectivity index (χ1n) is 8.08. The zero-order valence-electron chi connectivity index (χ0n) is 11.9. The van der Waals surface area contributed by atoms with Gasteiger partial charge in [-0.05, 0) is 56.4 Å². The van der Waals surface area contributed by atoms with Gasteiger partial charge in [0.25, 0.3) is 0 Å². The first-order valence-corrected chi connectivity index (χ1v) is 8.08. The molecule has 2 fully saturated rings. The van der Waals surface area contributed by atoms with Gasteiger partial charge in [0, 0.05) is 6.04 Å². The summed E-state index contributed by atoms with van der Waals surface area (Å²) in [4.78, 5) is 0. The van der Waals surface area contributed by atoms with E-state index < -0.39 is 0 Å². The third-order valence-corrected chi connectivity index (χ3v) is 4.86. The summed E-state index contributed by atoms with van der Waals surface area (Å²) in [6.07, 6.45) is 13.2. The second kappa shape index (κ2) is 6.78. The lowest BCUT2D eigenvalue weighted by Gasteiger charge is -2.34. The highest BCUT2D eigenvalue weighted by atomic mass is 14.9. The standard InChI is InChI=1S/C16H31N/c1-3-5-13-6-8-14(9-7-13)16(15-10-11-15)17-12-4-2/h13-17H,3-12H2,1-2H3. The molecular formula is C16H31N. The van der Waals surface area contributed by atoms with E-state index in [1.165, 1.54) is 64.3 Å². The molecule has 0 spiro atoms. The molecule has 0 aromatic heterocycles. The van der Waals surface area contributed by atoms with Crippen LogP contribution in [0.2, 0.25) is 0 Å². The molecule has 0 bridgehead atoms. The van der Waals surface area contributed by atoms with Crippen molar-refractivity contribution >= 4 is 0 Å². The van der Waals surface area contributed by atoms with E-state index in [4.69, 9.17) is 0 Å². The maximum Gasteiger partial charge on any atom is 0.0124 e. The normalized spacial score (nSPS) is 31.4. The molecule has 0 amide bonds. The van der Waals surface area contributed by atoms with Crippen LogP contribution in [0.5, 0.6) is 0 Å². The Morgan fingerprint density at radius 3 is 1.94 bits per heavy atom. The molecule has 1 N–H and O–H groups in total. The van der Waals surface area contributed by atoms with Crippen LogP contribution in [0.25, 0.3) is 0 Å². The van der Waals surface area contributed by atoms with Crippen LogP contribution in [0.15, 0.2) is 0 Å². The van der Waals surface area contributed by atoms with Crippen molar-refractivity contribution in [1.82, 2.24) is 5.32 Å². The summed E-state index contributed by atoms with van der Waals surface area (Å²) in [5.41, 5.74) is 0. The van der Waals surface area contributed by atoms with Crippen LogP contribution >= 0.6 is 0 Å². The SMILES string of the molecule is CCCNC(C1CCC(CCC)CC1)C1CC1. The largest absolute Gasteiger partial charge is 0.313 e. The maximum atomic E-state index is 3.85. The van der Waals surface area contributed by atoms with Crippen LogP contribution in [-0.2, 0) is 0 Å². The van der Waals surface area contributed by atoms with Crippen molar-refractivity contribution in [1.29, 1.82) is 0 Å². The van der Waals surface area contributed by atoms with E-state index in [9.17, 15) is 0 Å². The van der Waals surface area contributed by atoms with Crippen LogP contribution in [-0.4, -0.2) is 12.6 Å². The van der Waals surface area contributed by atoms with E-state index in [0.29, 0.717) is 0 Å². The molecule has 17 heavy (non-hydrogen) atoms. The zero-order valence-corrected chi connectivity index (χ0v) is 11.9. The molecule has 1 unspecified atom stereocenters. The van der Waals surface area contributed by atoms with E-state index in [1.807, 2.05) is 0 Å². The highest BCUT2D eigenvalue weighted by Gasteiger charge is 2.37. The van der Waals surface area contributed by atoms with Gasteiger partial charge in [-0.2, -0.15) is 0 Å². The second-order valence-electron chi connectivity index (χ2n) is 6.39. The Hall–Kier alpha value is -0.0400. The smallest absolute Gasteiger partial charge is 0.0124 e. The Kier molecular flexibility index (Phi) is 5.34. The Balaban J connectivity index is 1.76. The number of nitrogens with one attached hydrogen (secondary N) is 1. The van der Waals surface area contributed by atoms with Gasteiger partial charge >= 0.3 is 0 Å². The summed E-state index contributed by atoms with van der Waals surface area (Å²) in [5, 5.41) is 3.85. The van der Waals surface area contributed by atoms with Gasteiger partial charge in [0.15, 0.2) is 0 Å². The molecule has 2 aliphatic rings. The van der Waals surface area contributed by atoms with Gasteiger partial charge in [-0.3, -0.25) is 0 Å². The average molecular weight is 237 g/mol. The molecule has 2 aliphatic carbocycles. The number of hydrogen-bond donors (Lipinski definition) is 1. The summed E-state index contributed by atoms with van der Waals surface area (Å²) < 4.78 is 0. The van der Waals surface area contributed by atoms with Crippen LogP contribution in [0.3, 0.4) is 0 Å². The minimum Gasteiger partial charge on any atom is -0.313 e. The lowest BCUT2D eigenvalue weighted by Crippen LogP contribution is -2.40. The fraction of sp³-hybridized carbons (Fsp3) is 1.00. The van der Waals surface area contributed by atoms with Crippen molar-refractivity contribution in [3.63, 3.8) is 0 Å². The van der Waals surface area contributed by atoms with Gasteiger partial charge in [-0.25, -0.2) is 0 Å². The van der Waals surface area contributed by atoms with E-state index in [1.54, 1.807) is 0 Å². The Labute approximate surface area is 108 Å². The van der Waals surface area contributed by atoms with E-state index in [2.05, 4.69) is 19.2 Å². The molecule has 0 aromatic carbocycles. The highest BCUT2D eigenvalue weighted by Crippen LogP contribution is 2.42. The van der Waals surface area contributed by atoms with Crippen molar-refractivity contribution in [3.8, 4) is 0 Å². The monoisotopic (exact) mass is 237 g/mol. The van der Waals surface area contributed by atoms with Gasteiger partial charge in [0.05, 0.1) is 0 Å². The van der Waals surface area contributed by atoms with Gasteiger partial charge in [0.1, 0.15) is 0 Å². The molecule has 0 aliphatic heterocycles. The third kappa shape index (κ3) is 3.98. The van der Waals surface area contributed by atoms with Crippen molar-refractivity contribution in [2.45, 2.75) is 77.7 Å². The number of hydrogen-bond acceptors (Lipinski definition) is 1. The summed E-state index contributed by atoms with van der Waals surface area (Å²) in [6, 6.07) is 0.873. The molecule has 100 valence electrons. The average Bonchev–Trinajstić information content (AvgIpc) is 3.16. The predicted octanol–water partition coefficient (Wildman–Crippen LogP) is 4.37. The van der Waals surface area contributed by atoms with Crippen molar-refractivity contribution in [3.05, 3.63) is 0 Å². The van der Waals surface area contributed by atoms with Gasteiger partial charge in [-0.1, -0.05) is 39.5 Å². The predicted molar refractivity (Wildman–Crippen MR) is 75.2 cm³/mol. The van der Waals surface area contributed by atoms with Gasteiger partial charge in [-0.15, -0.1) is 0 Å². The van der Waals surface area contributed by atoms with E-state index >= 15 is 0 Å². The molecule has 1 heteroatoms. The van der Waals surface area contributed by atoms with E-state index in [0.717, 1.165) is 23.8 Å². The summed E-state index contributed by atoms with van der Waals surface area (Å²) in [5.74, 6) is 3.10. The quantitative estimate of drug-likeness (QED) is 0.693. The van der Waals surface area contributed by atoms with Gasteiger partial charge in [0.2, 0.25) is 0 Å². The minimum absolute atomic E-state index is 0.873. The third-order valence-electron chi connectivity index (χ3n) is 4.86. The first-order chi connectivity index (χ1) is 8.35. The molecule has 1 nitrogen and oxygen atoms in total. The fourth-order valence-corrected chi connectivity index (χ4v) is 3.73. The van der Waals surface area contributed by atoms with Crippen molar-refractivity contribution in [2.24, 2.45) is 17.8 Å². The second-order valence-corrected chi connectivity index (χ2v) is 6.39. The van der Waals surface area contributed by atoms with Gasteiger partial charge < -0.3 is 5.32 Å². The molecule has 0 saturated heterocycles. The van der Waals surface area contributed by atoms with Crippen LogP contribution in [0, 0.1) is 17.8 Å². The summed E-state index contributed by atoms with van der Waals surface area (Å²) >= 11 is 0. The first kappa shape index (κ1) is 13.4. The summed E-state index contributed by atoms with van der Waals surface area (Å²) in [7, 11) is 0. The fourth-order valence-electron chi connectivity index (χ4n) is 3.73. The van der Waals surface area contributed by atoms with Crippen LogP contribution in [0.4, 0.5) is 0 Å². The molecule has 0 radical (unpaired) electrons. The molecule has 0 heterocycles. The minimum atomic E-state index is 0.873. The highest BCUT2D eigenvalue weighted by molar-refractivity contribution is 4.92. The zero-order chi connectivity index (χ0) is 12.1. The molecule has 0 aromatic rings. The molecule has 1 atom stereocenters. The summed E-state index contributed by atoms with van der Waals surface area (Å²) in [6.45, 7) is 5.85. The van der Waals surface area contributed by atoms with E-state index in [-0.39, 0.29) is 0 Å². The Morgan fingerprint density at radius 2 is 1.47 bits per heavy atom. The maximum absolute atomic E-state index is 3.85. The van der Waals surface area contributed by atoms with Crippen molar-refractivity contribution in [2.75, 3.05) is 6.54 Å². The van der Waals surface area contributed by atoms with Crippen LogP contribution < -0.4 is 5.32 Å². The Morgan fingerprint density at radius 1 is 0.882 bits per heavy atom. The Bertz CT molecular complexity index is 202. The van der Waals surface area contributed by atoms with Crippen LogP contribution in [0.1, 0.15) is 71.6 Å². The molecule has 2 rings (SSSR count). The van der Waals surface area contributed by atoms with Crippen molar-refractivity contribution < 1.29 is 0 Å². The lowest BCUT2D eigenvalue weighted by atomic mass is 9.76. The lowest BCUT2D eigenvalue weighted by molar-refractivity contribution is 0.200. The molecule has 2 saturated carbocycles.